The Kier molecular flexibility index (Phi) is 5.32. The number of rotatable bonds is 4. The van der Waals surface area contributed by atoms with E-state index in [1.807, 2.05) is 0 Å². The predicted molar refractivity (Wildman–Crippen MR) is 95.6 cm³/mol. The van der Waals surface area contributed by atoms with Gasteiger partial charge in [0.2, 0.25) is 0 Å². The van der Waals surface area contributed by atoms with Crippen molar-refractivity contribution in [3.05, 3.63) is 29.6 Å². The zero-order valence-corrected chi connectivity index (χ0v) is 14.7. The van der Waals surface area contributed by atoms with Crippen LogP contribution in [0.25, 0.3) is 0 Å². The van der Waals surface area contributed by atoms with Crippen LogP contribution >= 0.6 is 11.6 Å². The van der Waals surface area contributed by atoms with Crippen molar-refractivity contribution in [2.75, 3.05) is 30.9 Å². The van der Waals surface area contributed by atoms with Crippen molar-refractivity contribution < 1.29 is 13.9 Å². The van der Waals surface area contributed by atoms with E-state index >= 15 is 0 Å². The van der Waals surface area contributed by atoms with Crippen molar-refractivity contribution in [2.24, 2.45) is 10.7 Å². The van der Waals surface area contributed by atoms with Crippen LogP contribution in [-0.4, -0.2) is 48.1 Å². The summed E-state index contributed by atoms with van der Waals surface area (Å²) in [7, 11) is 0. The number of halogens is 2. The second-order valence-electron chi connectivity index (χ2n) is 6.31. The number of carbonyl (C=O) groups is 1. The fraction of sp³-hybridized carbons (Fsp3) is 0.529. The summed E-state index contributed by atoms with van der Waals surface area (Å²) in [6.45, 7) is 1.38. The topological polar surface area (TPSA) is 80.0 Å². The quantitative estimate of drug-likeness (QED) is 0.632. The monoisotopic (exact) mass is 368 g/mol. The lowest BCUT2D eigenvalue weighted by Gasteiger charge is -2.42. The summed E-state index contributed by atoms with van der Waals surface area (Å²) < 4.78 is 19.2. The Labute approximate surface area is 151 Å². The van der Waals surface area contributed by atoms with Crippen LogP contribution in [0.1, 0.15) is 31.2 Å². The number of benzene rings is 1. The molecule has 3 N–H and O–H groups in total. The van der Waals surface area contributed by atoms with E-state index in [0.29, 0.717) is 49.7 Å². The summed E-state index contributed by atoms with van der Waals surface area (Å²) in [6, 6.07) is 4.80. The van der Waals surface area contributed by atoms with E-state index in [0.717, 1.165) is 12.8 Å². The minimum Gasteiger partial charge on any atom is -0.449 e. The molecule has 25 heavy (non-hydrogen) atoms. The zero-order chi connectivity index (χ0) is 17.9. The number of nitrogens with two attached hydrogens (primary N) is 1. The molecule has 0 atom stereocenters. The Morgan fingerprint density at radius 3 is 2.88 bits per heavy atom. The number of aliphatic imine (C=N–C) groups is 1. The van der Waals surface area contributed by atoms with Gasteiger partial charge in [0, 0.05) is 37.5 Å². The van der Waals surface area contributed by atoms with Gasteiger partial charge in [-0.05, 0) is 25.0 Å². The van der Waals surface area contributed by atoms with E-state index in [4.69, 9.17) is 22.1 Å². The maximum atomic E-state index is 13.9. The molecule has 1 fully saturated rings. The van der Waals surface area contributed by atoms with Gasteiger partial charge in [0.15, 0.2) is 0 Å². The predicted octanol–water partition coefficient (Wildman–Crippen LogP) is 2.90. The lowest BCUT2D eigenvalue weighted by atomic mass is 9.94. The van der Waals surface area contributed by atoms with Crippen LogP contribution in [0.2, 0.25) is 0 Å². The summed E-state index contributed by atoms with van der Waals surface area (Å²) in [4.78, 5) is 18.3. The third kappa shape index (κ3) is 3.81. The first-order valence-corrected chi connectivity index (χ1v) is 8.98. The highest BCUT2D eigenvalue weighted by Gasteiger charge is 2.39. The van der Waals surface area contributed by atoms with Crippen molar-refractivity contribution in [3.63, 3.8) is 0 Å². The lowest BCUT2D eigenvalue weighted by molar-refractivity contribution is 0.0856. The molecule has 1 aromatic carbocycles. The normalized spacial score (nSPS) is 18.3. The van der Waals surface area contributed by atoms with Gasteiger partial charge in [0.05, 0.1) is 12.2 Å². The van der Waals surface area contributed by atoms with Crippen molar-refractivity contribution >= 4 is 29.2 Å². The molecule has 1 amide bonds. The first-order valence-electron chi connectivity index (χ1n) is 8.45. The summed E-state index contributed by atoms with van der Waals surface area (Å²) in [5.41, 5.74) is 6.36. The minimum absolute atomic E-state index is 0.198. The van der Waals surface area contributed by atoms with E-state index in [9.17, 15) is 9.18 Å². The van der Waals surface area contributed by atoms with Crippen LogP contribution < -0.4 is 11.1 Å². The second-order valence-corrected chi connectivity index (χ2v) is 6.69. The number of hydrogen-bond acceptors (Lipinski definition) is 5. The van der Waals surface area contributed by atoms with Crippen molar-refractivity contribution in [2.45, 2.75) is 31.3 Å². The molecule has 2 aliphatic heterocycles. The Balaban J connectivity index is 1.61. The number of unbranched alkanes of at least 4 members (excludes halogenated alkanes) is 1. The number of amidine groups is 1. The van der Waals surface area contributed by atoms with Crippen LogP contribution in [0.5, 0.6) is 0 Å². The molecule has 0 aliphatic carbocycles. The largest absolute Gasteiger partial charge is 0.449 e. The van der Waals surface area contributed by atoms with E-state index < -0.39 is 5.66 Å². The second kappa shape index (κ2) is 7.47. The van der Waals surface area contributed by atoms with Crippen LogP contribution in [0.15, 0.2) is 23.2 Å². The summed E-state index contributed by atoms with van der Waals surface area (Å²) in [5, 5.41) is 3.30. The Morgan fingerprint density at radius 2 is 2.16 bits per heavy atom. The number of alkyl halides is 1. The first-order chi connectivity index (χ1) is 12.0. The van der Waals surface area contributed by atoms with Gasteiger partial charge in [-0.25, -0.2) is 14.2 Å². The number of carbonyl (C=O) groups excluding carboxylic acids is 1. The first kappa shape index (κ1) is 17.8. The average molecular weight is 369 g/mol. The third-order valence-electron chi connectivity index (χ3n) is 4.57. The molecule has 0 saturated carbocycles. The number of fused-ring (bicyclic) bond motifs is 1. The van der Waals surface area contributed by atoms with Crippen molar-refractivity contribution in [3.8, 4) is 0 Å². The third-order valence-corrected chi connectivity index (χ3v) is 4.84. The molecule has 0 radical (unpaired) electrons. The molecule has 1 saturated heterocycles. The maximum absolute atomic E-state index is 13.9. The Hall–Kier alpha value is -2.02. The Bertz CT molecular complexity index is 675. The van der Waals surface area contributed by atoms with Gasteiger partial charge >= 0.3 is 6.09 Å². The van der Waals surface area contributed by atoms with Crippen molar-refractivity contribution in [1.82, 2.24) is 4.90 Å². The van der Waals surface area contributed by atoms with Gasteiger partial charge in [0.25, 0.3) is 0 Å². The highest BCUT2D eigenvalue weighted by atomic mass is 35.5. The molecule has 0 unspecified atom stereocenters. The smallest absolute Gasteiger partial charge is 0.409 e. The fourth-order valence-corrected chi connectivity index (χ4v) is 3.39. The molecule has 2 aliphatic rings. The van der Waals surface area contributed by atoms with E-state index in [1.54, 1.807) is 17.0 Å². The number of anilines is 1. The lowest BCUT2D eigenvalue weighted by Crippen LogP contribution is -2.52. The fourth-order valence-electron chi connectivity index (χ4n) is 3.20. The molecule has 8 heteroatoms. The number of likely N-dealkylation sites (tertiary alicyclic amines) is 1. The molecular weight excluding hydrogens is 347 g/mol. The van der Waals surface area contributed by atoms with Crippen LogP contribution in [0, 0.1) is 5.82 Å². The number of hydrogen-bond donors (Lipinski definition) is 2. The van der Waals surface area contributed by atoms with Gasteiger partial charge in [-0.15, -0.1) is 11.6 Å². The molecule has 1 spiro atoms. The highest BCUT2D eigenvalue weighted by Crippen LogP contribution is 2.35. The van der Waals surface area contributed by atoms with Crippen molar-refractivity contribution in [1.29, 1.82) is 0 Å². The van der Waals surface area contributed by atoms with Gasteiger partial charge in [-0.2, -0.15) is 0 Å². The minimum atomic E-state index is -0.597. The highest BCUT2D eigenvalue weighted by molar-refractivity contribution is 6.17. The number of ether oxygens (including phenoxy) is 1. The van der Waals surface area contributed by atoms with Gasteiger partial charge in [-0.3, -0.25) is 0 Å². The zero-order valence-electron chi connectivity index (χ0n) is 13.9. The molecule has 3 rings (SSSR count). The number of amides is 1. The summed E-state index contributed by atoms with van der Waals surface area (Å²) in [5.74, 6) is 0.375. The van der Waals surface area contributed by atoms with Crippen LogP contribution in [0.4, 0.5) is 14.9 Å². The van der Waals surface area contributed by atoms with E-state index in [1.165, 1.54) is 6.07 Å². The Morgan fingerprint density at radius 1 is 1.40 bits per heavy atom. The summed E-state index contributed by atoms with van der Waals surface area (Å²) in [6.07, 6.45) is 2.44. The number of nitrogens with one attached hydrogen (secondary N) is 1. The standard InChI is InChI=1S/C17H22ClFN4O2/c18-8-1-2-11-25-16(24)23-9-6-17(7-10-23)21-13-5-3-4-12(19)14(13)15(20)22-17/h3-5,21H,1-2,6-11H2,(H2,20,22). The molecule has 1 aromatic rings. The molecule has 0 aromatic heterocycles. The molecule has 136 valence electrons. The van der Waals surface area contributed by atoms with E-state index in [2.05, 4.69) is 10.3 Å². The molecule has 0 bridgehead atoms. The summed E-state index contributed by atoms with van der Waals surface area (Å²) >= 11 is 5.60. The van der Waals surface area contributed by atoms with Gasteiger partial charge in [0.1, 0.15) is 17.3 Å². The SMILES string of the molecule is NC1=NC2(CCN(C(=O)OCCCCCl)CC2)Nc2cccc(F)c21. The number of nitrogens with zero attached hydrogens (tertiary/aromatic N) is 2. The molecule has 6 nitrogen and oxygen atoms in total. The average Bonchev–Trinajstić information content (AvgIpc) is 2.59. The van der Waals surface area contributed by atoms with Gasteiger partial charge in [-0.1, -0.05) is 6.07 Å². The molecular formula is C17H22ClFN4O2. The van der Waals surface area contributed by atoms with Crippen LogP contribution in [-0.2, 0) is 4.74 Å². The van der Waals surface area contributed by atoms with Gasteiger partial charge < -0.3 is 20.7 Å². The van der Waals surface area contributed by atoms with E-state index in [-0.39, 0.29) is 17.7 Å². The maximum Gasteiger partial charge on any atom is 0.409 e. The number of piperidine rings is 1. The van der Waals surface area contributed by atoms with Crippen LogP contribution in [0.3, 0.4) is 0 Å². The molecule has 2 heterocycles.